The molecule has 2 aromatic rings. The van der Waals surface area contributed by atoms with Crippen LogP contribution >= 0.6 is 0 Å². The average molecular weight is 426 g/mol. The molecule has 0 aliphatic carbocycles. The molecule has 0 bridgehead atoms. The first-order chi connectivity index (χ1) is 15.2. The topological polar surface area (TPSA) is 79.0 Å². The minimum atomic E-state index is -0.142. The SMILES string of the molecule is COc1cccc(N2CCC(CNC(=O)NCc3cccnc3N3CCOCC3)C2)c1. The summed E-state index contributed by atoms with van der Waals surface area (Å²) in [5.41, 5.74) is 2.18. The van der Waals surface area contributed by atoms with E-state index in [-0.39, 0.29) is 6.03 Å². The van der Waals surface area contributed by atoms with Gasteiger partial charge < -0.3 is 29.9 Å². The van der Waals surface area contributed by atoms with Gasteiger partial charge in [-0.3, -0.25) is 0 Å². The van der Waals surface area contributed by atoms with Crippen molar-refractivity contribution in [3.8, 4) is 5.75 Å². The highest BCUT2D eigenvalue weighted by molar-refractivity contribution is 5.74. The second kappa shape index (κ2) is 10.3. The Morgan fingerprint density at radius 3 is 2.87 bits per heavy atom. The summed E-state index contributed by atoms with van der Waals surface area (Å²) in [7, 11) is 1.68. The van der Waals surface area contributed by atoms with Crippen LogP contribution in [0.5, 0.6) is 5.75 Å². The van der Waals surface area contributed by atoms with Gasteiger partial charge in [0.15, 0.2) is 0 Å². The molecule has 2 amide bonds. The van der Waals surface area contributed by atoms with Crippen LogP contribution in [0.4, 0.5) is 16.3 Å². The quantitative estimate of drug-likeness (QED) is 0.709. The first-order valence-corrected chi connectivity index (χ1v) is 10.9. The Hall–Kier alpha value is -3.00. The number of rotatable bonds is 7. The normalized spacial score (nSPS) is 18.7. The summed E-state index contributed by atoms with van der Waals surface area (Å²) in [5, 5.41) is 6.02. The molecule has 2 N–H and O–H groups in total. The van der Waals surface area contributed by atoms with Crippen LogP contribution in [0, 0.1) is 5.92 Å². The lowest BCUT2D eigenvalue weighted by Gasteiger charge is -2.29. The fourth-order valence-corrected chi connectivity index (χ4v) is 4.14. The largest absolute Gasteiger partial charge is 0.497 e. The van der Waals surface area contributed by atoms with Crippen molar-refractivity contribution in [3.63, 3.8) is 0 Å². The van der Waals surface area contributed by atoms with Gasteiger partial charge in [-0.15, -0.1) is 0 Å². The molecule has 166 valence electrons. The van der Waals surface area contributed by atoms with Crippen LogP contribution in [-0.2, 0) is 11.3 Å². The van der Waals surface area contributed by atoms with Gasteiger partial charge in [-0.25, -0.2) is 9.78 Å². The van der Waals surface area contributed by atoms with Crippen LogP contribution in [0.1, 0.15) is 12.0 Å². The number of amides is 2. The van der Waals surface area contributed by atoms with Crippen LogP contribution in [-0.4, -0.2) is 64.1 Å². The number of hydrogen-bond donors (Lipinski definition) is 2. The Kier molecular flexibility index (Phi) is 7.09. The fraction of sp³-hybridized carbons (Fsp3) is 0.478. The lowest BCUT2D eigenvalue weighted by molar-refractivity contribution is 0.122. The summed E-state index contributed by atoms with van der Waals surface area (Å²) in [5.74, 6) is 2.22. The summed E-state index contributed by atoms with van der Waals surface area (Å²) in [4.78, 5) is 21.5. The van der Waals surface area contributed by atoms with Crippen LogP contribution in [0.2, 0.25) is 0 Å². The number of ether oxygens (including phenoxy) is 2. The van der Waals surface area contributed by atoms with Crippen molar-refractivity contribution in [1.82, 2.24) is 15.6 Å². The third kappa shape index (κ3) is 5.58. The molecule has 0 radical (unpaired) electrons. The number of hydrogen-bond acceptors (Lipinski definition) is 6. The van der Waals surface area contributed by atoms with Crippen LogP contribution in [0.3, 0.4) is 0 Å². The van der Waals surface area contributed by atoms with Crippen molar-refractivity contribution >= 4 is 17.5 Å². The number of aromatic nitrogens is 1. The van der Waals surface area contributed by atoms with Gasteiger partial charge in [0.05, 0.1) is 20.3 Å². The fourth-order valence-electron chi connectivity index (χ4n) is 4.14. The number of carbonyl (C=O) groups excluding carboxylic acids is 1. The molecule has 2 fully saturated rings. The van der Waals surface area contributed by atoms with E-state index < -0.39 is 0 Å². The zero-order valence-corrected chi connectivity index (χ0v) is 18.0. The molecule has 8 nitrogen and oxygen atoms in total. The third-order valence-corrected chi connectivity index (χ3v) is 5.87. The van der Waals surface area contributed by atoms with Crippen molar-refractivity contribution in [1.29, 1.82) is 0 Å². The number of carbonyl (C=O) groups is 1. The van der Waals surface area contributed by atoms with Gasteiger partial charge in [0, 0.05) is 62.8 Å². The monoisotopic (exact) mass is 425 g/mol. The van der Waals surface area contributed by atoms with Gasteiger partial charge in [0.1, 0.15) is 11.6 Å². The number of nitrogens with one attached hydrogen (secondary N) is 2. The first-order valence-electron chi connectivity index (χ1n) is 10.9. The van der Waals surface area contributed by atoms with Crippen molar-refractivity contribution in [2.24, 2.45) is 5.92 Å². The number of anilines is 2. The van der Waals surface area contributed by atoms with Crippen LogP contribution < -0.4 is 25.2 Å². The molecule has 4 rings (SSSR count). The smallest absolute Gasteiger partial charge is 0.315 e. The zero-order chi connectivity index (χ0) is 21.5. The molecule has 0 saturated carbocycles. The van der Waals surface area contributed by atoms with E-state index in [1.54, 1.807) is 13.3 Å². The second-order valence-electron chi connectivity index (χ2n) is 7.95. The number of nitrogens with zero attached hydrogens (tertiary/aromatic N) is 3. The minimum Gasteiger partial charge on any atom is -0.497 e. The Morgan fingerprint density at radius 1 is 1.16 bits per heavy atom. The second-order valence-corrected chi connectivity index (χ2v) is 7.95. The Morgan fingerprint density at radius 2 is 2.03 bits per heavy atom. The summed E-state index contributed by atoms with van der Waals surface area (Å²) in [6.07, 6.45) is 2.85. The molecule has 1 atom stereocenters. The van der Waals surface area contributed by atoms with E-state index in [0.29, 0.717) is 32.2 Å². The van der Waals surface area contributed by atoms with Gasteiger partial charge in [0.2, 0.25) is 0 Å². The zero-order valence-electron chi connectivity index (χ0n) is 18.0. The molecule has 8 heteroatoms. The highest BCUT2D eigenvalue weighted by Crippen LogP contribution is 2.26. The van der Waals surface area contributed by atoms with Crippen molar-refractivity contribution in [3.05, 3.63) is 48.2 Å². The predicted octanol–water partition coefficient (Wildman–Crippen LogP) is 2.25. The van der Waals surface area contributed by atoms with E-state index in [2.05, 4.69) is 37.6 Å². The molecule has 1 unspecified atom stereocenters. The van der Waals surface area contributed by atoms with Gasteiger partial charge >= 0.3 is 6.03 Å². The average Bonchev–Trinajstić information content (AvgIpc) is 3.31. The van der Waals surface area contributed by atoms with Crippen LogP contribution in [0.25, 0.3) is 0 Å². The number of methoxy groups -OCH3 is 1. The van der Waals surface area contributed by atoms with E-state index in [9.17, 15) is 4.79 Å². The predicted molar refractivity (Wildman–Crippen MR) is 121 cm³/mol. The number of pyridine rings is 1. The lowest BCUT2D eigenvalue weighted by Crippen LogP contribution is -2.40. The number of urea groups is 1. The third-order valence-electron chi connectivity index (χ3n) is 5.87. The molecule has 2 aliphatic heterocycles. The Bertz CT molecular complexity index is 872. The van der Waals surface area contributed by atoms with Crippen molar-refractivity contribution in [2.75, 3.05) is 62.8 Å². The van der Waals surface area contributed by atoms with Gasteiger partial charge in [-0.2, -0.15) is 0 Å². The van der Waals surface area contributed by atoms with E-state index in [0.717, 1.165) is 49.7 Å². The molecular weight excluding hydrogens is 394 g/mol. The first kappa shape index (κ1) is 21.2. The summed E-state index contributed by atoms with van der Waals surface area (Å²) in [6.45, 7) is 6.08. The maximum absolute atomic E-state index is 12.4. The summed E-state index contributed by atoms with van der Waals surface area (Å²) in [6, 6.07) is 11.9. The molecule has 2 aliphatic rings. The van der Waals surface area contributed by atoms with E-state index in [1.165, 1.54) is 5.69 Å². The van der Waals surface area contributed by atoms with E-state index >= 15 is 0 Å². The van der Waals surface area contributed by atoms with Crippen LogP contribution in [0.15, 0.2) is 42.6 Å². The van der Waals surface area contributed by atoms with E-state index in [4.69, 9.17) is 9.47 Å². The highest BCUT2D eigenvalue weighted by atomic mass is 16.5. The van der Waals surface area contributed by atoms with Crippen molar-refractivity contribution in [2.45, 2.75) is 13.0 Å². The minimum absolute atomic E-state index is 0.142. The Labute approximate surface area is 183 Å². The number of morpholine rings is 1. The Balaban J connectivity index is 1.23. The molecule has 31 heavy (non-hydrogen) atoms. The molecular formula is C23H31N5O3. The molecule has 2 saturated heterocycles. The summed E-state index contributed by atoms with van der Waals surface area (Å²) >= 11 is 0. The van der Waals surface area contributed by atoms with Gasteiger partial charge in [-0.05, 0) is 30.5 Å². The maximum Gasteiger partial charge on any atom is 0.315 e. The lowest BCUT2D eigenvalue weighted by atomic mass is 10.1. The van der Waals surface area contributed by atoms with E-state index in [1.807, 2.05) is 24.3 Å². The molecule has 1 aromatic carbocycles. The molecule has 0 spiro atoms. The van der Waals surface area contributed by atoms with Gasteiger partial charge in [-0.1, -0.05) is 12.1 Å². The van der Waals surface area contributed by atoms with Gasteiger partial charge in [0.25, 0.3) is 0 Å². The molecule has 3 heterocycles. The van der Waals surface area contributed by atoms with Crippen molar-refractivity contribution < 1.29 is 14.3 Å². The molecule has 1 aromatic heterocycles. The maximum atomic E-state index is 12.4. The standard InChI is InChI=1S/C23H31N5O3/c1-30-21-6-2-5-20(14-21)28-9-7-18(17-28)15-25-23(29)26-16-19-4-3-8-24-22(19)27-10-12-31-13-11-27/h2-6,8,14,18H,7,9-13,15-17H2,1H3,(H2,25,26,29). The highest BCUT2D eigenvalue weighted by Gasteiger charge is 2.23. The summed E-state index contributed by atoms with van der Waals surface area (Å²) < 4.78 is 10.8. The number of benzene rings is 1.